The van der Waals surface area contributed by atoms with Crippen LogP contribution in [-0.4, -0.2) is 51.2 Å². The van der Waals surface area contributed by atoms with E-state index in [0.717, 1.165) is 22.3 Å². The number of aliphatic imine (C=N–C) groups is 1. The van der Waals surface area contributed by atoms with Crippen LogP contribution in [-0.2, 0) is 9.59 Å². The van der Waals surface area contributed by atoms with Gasteiger partial charge in [-0.1, -0.05) is 15.9 Å². The molecule has 2 rings (SSSR count). The summed E-state index contributed by atoms with van der Waals surface area (Å²) in [5.41, 5.74) is 0.405. The van der Waals surface area contributed by atoms with E-state index in [9.17, 15) is 14.4 Å². The van der Waals surface area contributed by atoms with E-state index < -0.39 is 23.8 Å². The van der Waals surface area contributed by atoms with E-state index in [0.29, 0.717) is 12.2 Å². The maximum absolute atomic E-state index is 12.5. The molecule has 1 heterocycles. The van der Waals surface area contributed by atoms with Gasteiger partial charge >= 0.3 is 6.03 Å². The lowest BCUT2D eigenvalue weighted by molar-refractivity contribution is -0.858. The summed E-state index contributed by atoms with van der Waals surface area (Å²) in [6, 6.07) is 5.96. The van der Waals surface area contributed by atoms with Crippen LogP contribution in [0.15, 0.2) is 33.7 Å². The van der Waals surface area contributed by atoms with Gasteiger partial charge in [0.15, 0.2) is 5.92 Å². The molecule has 7 nitrogen and oxygen atoms in total. The molecule has 4 amide bonds. The number of carbonyl (C=O) groups is 3. The van der Waals surface area contributed by atoms with Gasteiger partial charge < -0.3 is 4.90 Å². The number of rotatable bonds is 6. The molecule has 0 spiro atoms. The second-order valence-electron chi connectivity index (χ2n) is 5.79. The zero-order chi connectivity index (χ0) is 17.7. The lowest BCUT2D eigenvalue weighted by atomic mass is 10.1. The third-order valence-corrected chi connectivity index (χ3v) is 4.03. The lowest BCUT2D eigenvalue weighted by Gasteiger charge is -2.28. The molecule has 0 bridgehead atoms. The van der Waals surface area contributed by atoms with Gasteiger partial charge in [-0.15, -0.1) is 0 Å². The zero-order valence-electron chi connectivity index (χ0n) is 13.6. The minimum Gasteiger partial charge on any atom is -0.340 e. The van der Waals surface area contributed by atoms with Crippen molar-refractivity contribution in [1.82, 2.24) is 5.32 Å². The Morgan fingerprint density at radius 1 is 1.25 bits per heavy atom. The molecular weight excluding hydrogens is 376 g/mol. The Morgan fingerprint density at radius 2 is 1.92 bits per heavy atom. The summed E-state index contributed by atoms with van der Waals surface area (Å²) >= 11 is 3.30. The number of nitrogens with zero attached hydrogens (tertiary/aromatic N) is 2. The third-order valence-electron chi connectivity index (χ3n) is 3.51. The van der Waals surface area contributed by atoms with Gasteiger partial charge in [-0.05, 0) is 24.3 Å². The van der Waals surface area contributed by atoms with Crippen molar-refractivity contribution in [2.75, 3.05) is 32.1 Å². The fourth-order valence-corrected chi connectivity index (χ4v) is 2.52. The fourth-order valence-electron chi connectivity index (χ4n) is 2.26. The van der Waals surface area contributed by atoms with E-state index in [1.165, 1.54) is 11.1 Å². The number of anilines is 1. The average Bonchev–Trinajstić information content (AvgIpc) is 2.51. The molecule has 1 atom stereocenters. The molecule has 1 fully saturated rings. The molecule has 0 aromatic heterocycles. The van der Waals surface area contributed by atoms with Crippen molar-refractivity contribution >= 4 is 45.7 Å². The molecule has 1 aromatic carbocycles. The molecule has 24 heavy (non-hydrogen) atoms. The van der Waals surface area contributed by atoms with Crippen molar-refractivity contribution in [2.45, 2.75) is 6.42 Å². The van der Waals surface area contributed by atoms with Crippen LogP contribution in [0.3, 0.4) is 0 Å². The van der Waals surface area contributed by atoms with E-state index in [1.54, 1.807) is 24.3 Å². The van der Waals surface area contributed by atoms with Crippen molar-refractivity contribution in [3.63, 3.8) is 0 Å². The van der Waals surface area contributed by atoms with Gasteiger partial charge in [0, 0.05) is 23.7 Å². The number of barbiturate groups is 1. The minimum atomic E-state index is -1.09. The second kappa shape index (κ2) is 8.16. The number of amides is 4. The summed E-state index contributed by atoms with van der Waals surface area (Å²) in [5.74, 6) is -2.31. The maximum atomic E-state index is 12.5. The summed E-state index contributed by atoms with van der Waals surface area (Å²) < 4.78 is 0.827. The highest BCUT2D eigenvalue weighted by Crippen LogP contribution is 2.22. The van der Waals surface area contributed by atoms with Crippen LogP contribution < -0.4 is 15.1 Å². The molecule has 0 radical (unpaired) electrons. The molecule has 1 saturated heterocycles. The van der Waals surface area contributed by atoms with E-state index in [2.05, 4.69) is 26.2 Å². The highest BCUT2D eigenvalue weighted by Gasteiger charge is 2.40. The molecule has 0 saturated carbocycles. The van der Waals surface area contributed by atoms with Gasteiger partial charge in [0.25, 0.3) is 5.91 Å². The first-order valence-corrected chi connectivity index (χ1v) is 8.43. The van der Waals surface area contributed by atoms with E-state index >= 15 is 0 Å². The topological polar surface area (TPSA) is 83.3 Å². The van der Waals surface area contributed by atoms with Crippen LogP contribution in [0.25, 0.3) is 0 Å². The number of benzene rings is 1. The monoisotopic (exact) mass is 395 g/mol. The van der Waals surface area contributed by atoms with Gasteiger partial charge in [0.05, 0.1) is 26.3 Å². The molecule has 1 aliphatic heterocycles. The smallest absolute Gasteiger partial charge is 0.335 e. The Bertz CT molecular complexity index is 658. The van der Waals surface area contributed by atoms with E-state index in [1.807, 2.05) is 14.1 Å². The number of hydrogen-bond acceptors (Lipinski definition) is 4. The molecule has 1 aromatic rings. The number of halogens is 1. The second-order valence-corrected chi connectivity index (χ2v) is 6.70. The summed E-state index contributed by atoms with van der Waals surface area (Å²) in [7, 11) is 4.09. The Kier molecular flexibility index (Phi) is 6.22. The molecule has 128 valence electrons. The van der Waals surface area contributed by atoms with E-state index in [-0.39, 0.29) is 0 Å². The minimum absolute atomic E-state index is 0.405. The average molecular weight is 396 g/mol. The fraction of sp³-hybridized carbons (Fsp3) is 0.375. The third kappa shape index (κ3) is 4.48. The molecule has 1 unspecified atom stereocenters. The number of quaternary nitrogens is 1. The van der Waals surface area contributed by atoms with Crippen LogP contribution in [0.2, 0.25) is 0 Å². The quantitative estimate of drug-likeness (QED) is 0.411. The van der Waals surface area contributed by atoms with Gasteiger partial charge in [0.1, 0.15) is 0 Å². The predicted molar refractivity (Wildman–Crippen MR) is 94.3 cm³/mol. The first kappa shape index (κ1) is 18.3. The highest BCUT2D eigenvalue weighted by molar-refractivity contribution is 9.10. The van der Waals surface area contributed by atoms with Gasteiger partial charge in [-0.2, -0.15) is 0 Å². The standard InChI is InChI=1S/C16H19BrN4O3/c1-20(2)9-3-8-18-10-13-14(22)19-16(24)21(15(13)23)12-6-4-11(17)5-7-12/h4-7,10,13H,3,8-9H2,1-2H3,(H,19,22,24)/p+1. The van der Waals surface area contributed by atoms with Gasteiger partial charge in [-0.3, -0.25) is 19.9 Å². The summed E-state index contributed by atoms with van der Waals surface area (Å²) in [4.78, 5) is 42.9. The normalized spacial score (nSPS) is 18.6. The van der Waals surface area contributed by atoms with Gasteiger partial charge in [-0.25, -0.2) is 9.69 Å². The van der Waals surface area contributed by atoms with Crippen molar-refractivity contribution < 1.29 is 19.3 Å². The summed E-state index contributed by atoms with van der Waals surface area (Å²) in [6.45, 7) is 1.49. The molecule has 0 aliphatic carbocycles. The van der Waals surface area contributed by atoms with Crippen LogP contribution in [0.1, 0.15) is 6.42 Å². The summed E-state index contributed by atoms with van der Waals surface area (Å²) in [6.07, 6.45) is 2.19. The Labute approximate surface area is 148 Å². The molecule has 8 heteroatoms. The van der Waals surface area contributed by atoms with Crippen LogP contribution in [0.4, 0.5) is 10.5 Å². The van der Waals surface area contributed by atoms with Crippen LogP contribution in [0.5, 0.6) is 0 Å². The number of carbonyl (C=O) groups excluding carboxylic acids is 3. The number of nitrogens with one attached hydrogen (secondary N) is 2. The lowest BCUT2D eigenvalue weighted by Crippen LogP contribution is -3.05. The van der Waals surface area contributed by atoms with Crippen molar-refractivity contribution in [2.24, 2.45) is 10.9 Å². The first-order chi connectivity index (χ1) is 11.4. The highest BCUT2D eigenvalue weighted by atomic mass is 79.9. The number of hydrogen-bond donors (Lipinski definition) is 2. The number of imide groups is 2. The Hall–Kier alpha value is -2.06. The maximum Gasteiger partial charge on any atom is 0.335 e. The zero-order valence-corrected chi connectivity index (χ0v) is 15.2. The van der Waals surface area contributed by atoms with Crippen LogP contribution in [0, 0.1) is 5.92 Å². The van der Waals surface area contributed by atoms with Crippen LogP contribution >= 0.6 is 15.9 Å². The first-order valence-electron chi connectivity index (χ1n) is 7.63. The van der Waals surface area contributed by atoms with E-state index in [4.69, 9.17) is 0 Å². The Morgan fingerprint density at radius 3 is 2.54 bits per heavy atom. The largest absolute Gasteiger partial charge is 0.340 e. The molecule has 2 N–H and O–H groups in total. The Balaban J connectivity index is 2.10. The number of urea groups is 1. The molecular formula is C16H20BrN4O3+. The SMILES string of the molecule is C[NH+](C)CCCN=CC1C(=O)NC(=O)N(c2ccc(Br)cc2)C1=O. The summed E-state index contributed by atoms with van der Waals surface area (Å²) in [5, 5.41) is 2.20. The predicted octanol–water partition coefficient (Wildman–Crippen LogP) is 0.254. The molecule has 1 aliphatic rings. The van der Waals surface area contributed by atoms with Crippen molar-refractivity contribution in [1.29, 1.82) is 0 Å². The van der Waals surface area contributed by atoms with Crippen molar-refractivity contribution in [3.8, 4) is 0 Å². The van der Waals surface area contributed by atoms with Gasteiger partial charge in [0.2, 0.25) is 5.91 Å². The van der Waals surface area contributed by atoms with Crippen molar-refractivity contribution in [3.05, 3.63) is 28.7 Å².